The number of nitro benzene ring substituents is 2. The lowest BCUT2D eigenvalue weighted by atomic mass is 10.1. The topological polar surface area (TPSA) is 128 Å². The van der Waals surface area contributed by atoms with Crippen molar-refractivity contribution in [2.45, 2.75) is 6.92 Å². The Labute approximate surface area is 135 Å². The maximum atomic E-state index is 12.0. The van der Waals surface area contributed by atoms with Gasteiger partial charge in [0, 0.05) is 23.3 Å². The highest BCUT2D eigenvalue weighted by Crippen LogP contribution is 2.19. The largest absolute Gasteiger partial charge is 0.278 e. The number of nitro groups is 2. The summed E-state index contributed by atoms with van der Waals surface area (Å²) < 4.78 is 0. The average molecular weight is 328 g/mol. The van der Waals surface area contributed by atoms with Crippen molar-refractivity contribution in [1.82, 2.24) is 5.43 Å². The van der Waals surface area contributed by atoms with Gasteiger partial charge >= 0.3 is 0 Å². The molecule has 2 rings (SSSR count). The number of para-hydroxylation sites is 1. The Kier molecular flexibility index (Phi) is 4.95. The fraction of sp³-hybridized carbons (Fsp3) is 0.0667. The predicted octanol–water partition coefficient (Wildman–Crippen LogP) is 2.58. The van der Waals surface area contributed by atoms with Crippen molar-refractivity contribution in [2.24, 2.45) is 5.10 Å². The lowest BCUT2D eigenvalue weighted by molar-refractivity contribution is -0.385. The molecular formula is C15H12N4O5. The molecule has 0 unspecified atom stereocenters. The molecule has 24 heavy (non-hydrogen) atoms. The number of benzene rings is 2. The van der Waals surface area contributed by atoms with E-state index in [1.54, 1.807) is 6.07 Å². The van der Waals surface area contributed by atoms with Gasteiger partial charge in [-0.25, -0.2) is 5.43 Å². The second-order valence-electron chi connectivity index (χ2n) is 4.77. The van der Waals surface area contributed by atoms with E-state index < -0.39 is 15.8 Å². The maximum absolute atomic E-state index is 12.0. The summed E-state index contributed by atoms with van der Waals surface area (Å²) >= 11 is 0. The highest BCUT2D eigenvalue weighted by atomic mass is 16.6. The van der Waals surface area contributed by atoms with Crippen molar-refractivity contribution in [1.29, 1.82) is 0 Å². The third-order valence-corrected chi connectivity index (χ3v) is 3.16. The van der Waals surface area contributed by atoms with Gasteiger partial charge in [0.1, 0.15) is 0 Å². The van der Waals surface area contributed by atoms with Gasteiger partial charge in [-0.15, -0.1) is 0 Å². The van der Waals surface area contributed by atoms with E-state index in [1.807, 2.05) is 0 Å². The quantitative estimate of drug-likeness (QED) is 0.512. The number of nitrogens with zero attached hydrogens (tertiary/aromatic N) is 3. The molecule has 9 nitrogen and oxygen atoms in total. The van der Waals surface area contributed by atoms with E-state index in [0.29, 0.717) is 5.56 Å². The smallest absolute Gasteiger partial charge is 0.267 e. The standard InChI is InChI=1S/C15H12N4O5/c1-10-8-11(6-7-13(10)18(21)22)15(20)17-16-9-12-4-2-3-5-14(12)19(23)24/h2-9H,1H3,(H,17,20). The van der Waals surface area contributed by atoms with Crippen LogP contribution >= 0.6 is 0 Å². The van der Waals surface area contributed by atoms with E-state index >= 15 is 0 Å². The summed E-state index contributed by atoms with van der Waals surface area (Å²) in [7, 11) is 0. The summed E-state index contributed by atoms with van der Waals surface area (Å²) in [6.45, 7) is 1.52. The fourth-order valence-corrected chi connectivity index (χ4v) is 1.99. The van der Waals surface area contributed by atoms with Crippen LogP contribution in [0.5, 0.6) is 0 Å². The molecule has 0 saturated carbocycles. The predicted molar refractivity (Wildman–Crippen MR) is 86.0 cm³/mol. The monoisotopic (exact) mass is 328 g/mol. The third kappa shape index (κ3) is 3.77. The Hall–Kier alpha value is -3.62. The van der Waals surface area contributed by atoms with Crippen LogP contribution in [-0.4, -0.2) is 22.0 Å². The van der Waals surface area contributed by atoms with Gasteiger partial charge in [-0.3, -0.25) is 25.0 Å². The Bertz CT molecular complexity index is 848. The summed E-state index contributed by atoms with van der Waals surface area (Å²) in [4.78, 5) is 32.5. The summed E-state index contributed by atoms with van der Waals surface area (Å²) in [5.74, 6) is -0.581. The first-order chi connectivity index (χ1) is 11.4. The highest BCUT2D eigenvalue weighted by molar-refractivity contribution is 5.95. The molecule has 0 aromatic heterocycles. The van der Waals surface area contributed by atoms with Crippen LogP contribution in [0.15, 0.2) is 47.6 Å². The molecule has 2 aromatic rings. The maximum Gasteiger partial charge on any atom is 0.278 e. The molecule has 0 spiro atoms. The molecule has 0 aliphatic rings. The van der Waals surface area contributed by atoms with Gasteiger partial charge in [-0.2, -0.15) is 5.10 Å². The molecule has 0 saturated heterocycles. The molecule has 0 bridgehead atoms. The molecule has 0 atom stereocenters. The van der Waals surface area contributed by atoms with Gasteiger partial charge in [0.25, 0.3) is 17.3 Å². The summed E-state index contributed by atoms with van der Waals surface area (Å²) in [5, 5.41) is 25.3. The fourth-order valence-electron chi connectivity index (χ4n) is 1.99. The van der Waals surface area contributed by atoms with Crippen LogP contribution in [0.3, 0.4) is 0 Å². The normalized spacial score (nSPS) is 10.5. The van der Waals surface area contributed by atoms with Gasteiger partial charge in [-0.05, 0) is 25.1 Å². The van der Waals surface area contributed by atoms with E-state index in [1.165, 1.54) is 43.3 Å². The molecule has 122 valence electrons. The molecule has 0 aliphatic carbocycles. The second-order valence-corrected chi connectivity index (χ2v) is 4.77. The number of amides is 1. The lowest BCUT2D eigenvalue weighted by Crippen LogP contribution is -2.18. The molecule has 0 radical (unpaired) electrons. The number of rotatable bonds is 5. The Balaban J connectivity index is 2.12. The van der Waals surface area contributed by atoms with Crippen molar-refractivity contribution >= 4 is 23.5 Å². The van der Waals surface area contributed by atoms with Gasteiger partial charge in [0.2, 0.25) is 0 Å². The van der Waals surface area contributed by atoms with E-state index in [2.05, 4.69) is 10.5 Å². The second kappa shape index (κ2) is 7.09. The summed E-state index contributed by atoms with van der Waals surface area (Å²) in [6, 6.07) is 9.85. The van der Waals surface area contributed by atoms with Crippen LogP contribution < -0.4 is 5.43 Å². The minimum Gasteiger partial charge on any atom is -0.267 e. The van der Waals surface area contributed by atoms with Crippen molar-refractivity contribution in [3.8, 4) is 0 Å². The van der Waals surface area contributed by atoms with Crippen molar-refractivity contribution < 1.29 is 14.6 Å². The highest BCUT2D eigenvalue weighted by Gasteiger charge is 2.14. The van der Waals surface area contributed by atoms with Gasteiger partial charge in [0.15, 0.2) is 0 Å². The van der Waals surface area contributed by atoms with Crippen LogP contribution in [0.2, 0.25) is 0 Å². The van der Waals surface area contributed by atoms with Crippen LogP contribution in [-0.2, 0) is 0 Å². The van der Waals surface area contributed by atoms with Crippen LogP contribution in [0, 0.1) is 27.2 Å². The molecule has 0 fully saturated rings. The van der Waals surface area contributed by atoms with E-state index in [-0.39, 0.29) is 22.5 Å². The van der Waals surface area contributed by atoms with E-state index in [4.69, 9.17) is 0 Å². The molecule has 9 heteroatoms. The zero-order valence-electron chi connectivity index (χ0n) is 12.5. The Morgan fingerprint density at radius 1 is 1.08 bits per heavy atom. The minimum atomic E-state index is -0.581. The molecule has 1 N–H and O–H groups in total. The Morgan fingerprint density at radius 3 is 2.38 bits per heavy atom. The first kappa shape index (κ1) is 16.7. The van der Waals surface area contributed by atoms with Crippen molar-refractivity contribution in [3.05, 3.63) is 79.4 Å². The first-order valence-corrected chi connectivity index (χ1v) is 6.72. The van der Waals surface area contributed by atoms with Crippen LogP contribution in [0.1, 0.15) is 21.5 Å². The molecular weight excluding hydrogens is 316 g/mol. The summed E-state index contributed by atoms with van der Waals surface area (Å²) in [5.41, 5.74) is 2.78. The summed E-state index contributed by atoms with van der Waals surface area (Å²) in [6.07, 6.45) is 1.16. The lowest BCUT2D eigenvalue weighted by Gasteiger charge is -2.02. The molecule has 2 aromatic carbocycles. The van der Waals surface area contributed by atoms with Gasteiger partial charge < -0.3 is 0 Å². The SMILES string of the molecule is Cc1cc(C(=O)NN=Cc2ccccc2[N+](=O)[O-])ccc1[N+](=O)[O-]. The van der Waals surface area contributed by atoms with E-state index in [9.17, 15) is 25.0 Å². The third-order valence-electron chi connectivity index (χ3n) is 3.16. The number of carbonyl (C=O) groups is 1. The Morgan fingerprint density at radius 2 is 1.75 bits per heavy atom. The minimum absolute atomic E-state index is 0.0880. The molecule has 0 aliphatic heterocycles. The number of aryl methyl sites for hydroxylation is 1. The van der Waals surface area contributed by atoms with E-state index in [0.717, 1.165) is 6.21 Å². The zero-order chi connectivity index (χ0) is 17.7. The number of hydrazone groups is 1. The van der Waals surface area contributed by atoms with Crippen LogP contribution in [0.25, 0.3) is 0 Å². The number of hydrogen-bond donors (Lipinski definition) is 1. The number of hydrogen-bond acceptors (Lipinski definition) is 6. The van der Waals surface area contributed by atoms with Gasteiger partial charge in [0.05, 0.1) is 21.6 Å². The van der Waals surface area contributed by atoms with Gasteiger partial charge in [-0.1, -0.05) is 12.1 Å². The molecule has 1 amide bonds. The van der Waals surface area contributed by atoms with Crippen LogP contribution in [0.4, 0.5) is 11.4 Å². The van der Waals surface area contributed by atoms with Crippen molar-refractivity contribution in [3.63, 3.8) is 0 Å². The number of nitrogens with one attached hydrogen (secondary N) is 1. The van der Waals surface area contributed by atoms with Crippen molar-refractivity contribution in [2.75, 3.05) is 0 Å². The zero-order valence-corrected chi connectivity index (χ0v) is 12.5. The average Bonchev–Trinajstić information content (AvgIpc) is 2.54. The number of carbonyl (C=O) groups excluding carboxylic acids is 1. The molecule has 0 heterocycles. The first-order valence-electron chi connectivity index (χ1n) is 6.72.